The summed E-state index contributed by atoms with van der Waals surface area (Å²) in [6, 6.07) is 9.14. The SMILES string of the molecule is COc1cc(C2c3cc(O)c(OC)cc3CC3COC(C)(C)OCC32)ccc1O. The molecule has 1 heterocycles. The molecule has 0 radical (unpaired) electrons. The van der Waals surface area contributed by atoms with Gasteiger partial charge in [-0.1, -0.05) is 6.07 Å². The summed E-state index contributed by atoms with van der Waals surface area (Å²) in [5.74, 6) is 0.850. The van der Waals surface area contributed by atoms with Gasteiger partial charge in [0.05, 0.1) is 27.4 Å². The van der Waals surface area contributed by atoms with Gasteiger partial charge in [0, 0.05) is 5.92 Å². The van der Waals surface area contributed by atoms with Crippen molar-refractivity contribution in [3.05, 3.63) is 47.0 Å². The van der Waals surface area contributed by atoms with E-state index in [1.165, 1.54) is 7.11 Å². The molecule has 4 rings (SSSR count). The molecular formula is C23H28O6. The number of aromatic hydroxyl groups is 2. The van der Waals surface area contributed by atoms with Gasteiger partial charge in [-0.05, 0) is 73.1 Å². The standard InChI is InChI=1S/C23H28O6/c1-23(2)28-11-15-7-14-9-21(27-4)19(25)10-16(14)22(17(15)12-29-23)13-5-6-18(24)20(8-13)26-3/h5-6,8-10,15,17,22,24-25H,7,11-12H2,1-4H3. The molecule has 0 aromatic heterocycles. The highest BCUT2D eigenvalue weighted by Crippen LogP contribution is 2.49. The molecule has 0 bridgehead atoms. The Bertz CT molecular complexity index is 906. The summed E-state index contributed by atoms with van der Waals surface area (Å²) in [7, 11) is 3.10. The fourth-order valence-electron chi connectivity index (χ4n) is 4.57. The first-order valence-corrected chi connectivity index (χ1v) is 9.87. The van der Waals surface area contributed by atoms with E-state index in [4.69, 9.17) is 18.9 Å². The van der Waals surface area contributed by atoms with Crippen LogP contribution in [0.3, 0.4) is 0 Å². The summed E-state index contributed by atoms with van der Waals surface area (Å²) >= 11 is 0. The monoisotopic (exact) mass is 400 g/mol. The van der Waals surface area contributed by atoms with E-state index in [1.807, 2.05) is 32.0 Å². The van der Waals surface area contributed by atoms with Gasteiger partial charge < -0.3 is 29.2 Å². The van der Waals surface area contributed by atoms with Crippen molar-refractivity contribution >= 4 is 0 Å². The second-order valence-corrected chi connectivity index (χ2v) is 8.28. The molecule has 0 spiro atoms. The Labute approximate surface area is 171 Å². The van der Waals surface area contributed by atoms with Crippen molar-refractivity contribution in [1.82, 2.24) is 0 Å². The lowest BCUT2D eigenvalue weighted by atomic mass is 9.67. The van der Waals surface area contributed by atoms with E-state index < -0.39 is 5.79 Å². The number of phenolic OH excluding ortho intramolecular Hbond substituents is 2. The summed E-state index contributed by atoms with van der Waals surface area (Å²) in [4.78, 5) is 0. The van der Waals surface area contributed by atoms with Crippen LogP contribution < -0.4 is 9.47 Å². The lowest BCUT2D eigenvalue weighted by Crippen LogP contribution is -2.34. The molecule has 0 amide bonds. The fraction of sp³-hybridized carbons (Fsp3) is 0.478. The summed E-state index contributed by atoms with van der Waals surface area (Å²) < 4.78 is 22.8. The third kappa shape index (κ3) is 3.63. The summed E-state index contributed by atoms with van der Waals surface area (Å²) in [6.45, 7) is 5.00. The zero-order chi connectivity index (χ0) is 20.8. The normalized spacial score (nSPS) is 25.4. The maximum absolute atomic E-state index is 10.5. The smallest absolute Gasteiger partial charge is 0.162 e. The predicted octanol–water partition coefficient (Wildman–Crippen LogP) is 3.82. The number of methoxy groups -OCH3 is 2. The number of fused-ring (bicyclic) bond motifs is 2. The molecule has 29 heavy (non-hydrogen) atoms. The van der Waals surface area contributed by atoms with Gasteiger partial charge in [-0.15, -0.1) is 0 Å². The highest BCUT2D eigenvalue weighted by molar-refractivity contribution is 5.53. The third-order valence-corrected chi connectivity index (χ3v) is 6.12. The zero-order valence-electron chi connectivity index (χ0n) is 17.3. The lowest BCUT2D eigenvalue weighted by Gasteiger charge is -2.38. The van der Waals surface area contributed by atoms with Crippen LogP contribution >= 0.6 is 0 Å². The Morgan fingerprint density at radius 2 is 1.62 bits per heavy atom. The Kier molecular flexibility index (Phi) is 5.09. The summed E-state index contributed by atoms with van der Waals surface area (Å²) in [5.41, 5.74) is 3.17. The van der Waals surface area contributed by atoms with Crippen LogP contribution in [0.4, 0.5) is 0 Å². The molecular weight excluding hydrogens is 372 g/mol. The minimum atomic E-state index is -0.638. The van der Waals surface area contributed by atoms with Gasteiger partial charge in [0.15, 0.2) is 28.8 Å². The lowest BCUT2D eigenvalue weighted by molar-refractivity contribution is -0.202. The highest BCUT2D eigenvalue weighted by atomic mass is 16.7. The number of hydrogen-bond acceptors (Lipinski definition) is 6. The second kappa shape index (κ2) is 7.43. The van der Waals surface area contributed by atoms with Crippen molar-refractivity contribution < 1.29 is 29.2 Å². The Morgan fingerprint density at radius 1 is 0.931 bits per heavy atom. The summed E-state index contributed by atoms with van der Waals surface area (Å²) in [6.07, 6.45) is 0.821. The van der Waals surface area contributed by atoms with Crippen LogP contribution in [-0.4, -0.2) is 43.4 Å². The average molecular weight is 400 g/mol. The molecule has 156 valence electrons. The van der Waals surface area contributed by atoms with Gasteiger partial charge in [0.1, 0.15) is 0 Å². The molecule has 2 aliphatic rings. The molecule has 1 aliphatic carbocycles. The van der Waals surface area contributed by atoms with Crippen molar-refractivity contribution in [1.29, 1.82) is 0 Å². The largest absolute Gasteiger partial charge is 0.504 e. The highest BCUT2D eigenvalue weighted by Gasteiger charge is 2.42. The van der Waals surface area contributed by atoms with E-state index >= 15 is 0 Å². The van der Waals surface area contributed by atoms with Crippen LogP contribution in [0.1, 0.15) is 36.5 Å². The zero-order valence-corrected chi connectivity index (χ0v) is 17.3. The second-order valence-electron chi connectivity index (χ2n) is 8.28. The van der Waals surface area contributed by atoms with Gasteiger partial charge >= 0.3 is 0 Å². The maximum Gasteiger partial charge on any atom is 0.162 e. The van der Waals surface area contributed by atoms with E-state index in [2.05, 4.69) is 0 Å². The average Bonchev–Trinajstić information content (AvgIpc) is 2.85. The molecule has 2 aromatic rings. The molecule has 3 atom stereocenters. The van der Waals surface area contributed by atoms with Gasteiger partial charge in [-0.25, -0.2) is 0 Å². The van der Waals surface area contributed by atoms with E-state index in [-0.39, 0.29) is 29.3 Å². The van der Waals surface area contributed by atoms with Gasteiger partial charge in [0.25, 0.3) is 0 Å². The van der Waals surface area contributed by atoms with Crippen molar-refractivity contribution in [2.24, 2.45) is 11.8 Å². The molecule has 1 saturated heterocycles. The van der Waals surface area contributed by atoms with Crippen molar-refractivity contribution in [2.45, 2.75) is 32.0 Å². The third-order valence-electron chi connectivity index (χ3n) is 6.12. The number of hydrogen-bond donors (Lipinski definition) is 2. The van der Waals surface area contributed by atoms with E-state index in [1.54, 1.807) is 19.2 Å². The molecule has 2 N–H and O–H groups in total. The Hall–Kier alpha value is -2.44. The first-order chi connectivity index (χ1) is 13.8. The molecule has 6 heteroatoms. The molecule has 1 aliphatic heterocycles. The minimum Gasteiger partial charge on any atom is -0.504 e. The van der Waals surface area contributed by atoms with Crippen LogP contribution in [0, 0.1) is 11.8 Å². The van der Waals surface area contributed by atoms with Crippen molar-refractivity contribution in [2.75, 3.05) is 27.4 Å². The van der Waals surface area contributed by atoms with Crippen LogP contribution in [0.25, 0.3) is 0 Å². The predicted molar refractivity (Wildman–Crippen MR) is 108 cm³/mol. The number of ether oxygens (including phenoxy) is 4. The van der Waals surface area contributed by atoms with Crippen LogP contribution in [-0.2, 0) is 15.9 Å². The number of phenols is 2. The first-order valence-electron chi connectivity index (χ1n) is 9.87. The van der Waals surface area contributed by atoms with Crippen LogP contribution in [0.2, 0.25) is 0 Å². The van der Waals surface area contributed by atoms with Gasteiger partial charge in [0.2, 0.25) is 0 Å². The quantitative estimate of drug-likeness (QED) is 0.816. The van der Waals surface area contributed by atoms with Crippen LogP contribution in [0.15, 0.2) is 30.3 Å². The Balaban J connectivity index is 1.86. The number of benzene rings is 2. The number of rotatable bonds is 3. The molecule has 3 unspecified atom stereocenters. The van der Waals surface area contributed by atoms with Crippen molar-refractivity contribution in [3.63, 3.8) is 0 Å². The molecule has 1 fully saturated rings. The van der Waals surface area contributed by atoms with E-state index in [0.717, 1.165) is 23.1 Å². The van der Waals surface area contributed by atoms with E-state index in [9.17, 15) is 10.2 Å². The topological polar surface area (TPSA) is 77.4 Å². The maximum atomic E-state index is 10.5. The minimum absolute atomic E-state index is 0.0347. The first kappa shape index (κ1) is 19.9. The summed E-state index contributed by atoms with van der Waals surface area (Å²) in [5, 5.41) is 20.5. The molecule has 6 nitrogen and oxygen atoms in total. The van der Waals surface area contributed by atoms with Gasteiger partial charge in [-0.3, -0.25) is 0 Å². The fourth-order valence-corrected chi connectivity index (χ4v) is 4.57. The van der Waals surface area contributed by atoms with Gasteiger partial charge in [-0.2, -0.15) is 0 Å². The van der Waals surface area contributed by atoms with E-state index in [0.29, 0.717) is 24.7 Å². The molecule has 0 saturated carbocycles. The molecule has 2 aromatic carbocycles. The van der Waals surface area contributed by atoms with Crippen molar-refractivity contribution in [3.8, 4) is 23.0 Å². The van der Waals surface area contributed by atoms with Crippen LogP contribution in [0.5, 0.6) is 23.0 Å². The Morgan fingerprint density at radius 3 is 2.34 bits per heavy atom.